The smallest absolute Gasteiger partial charge is 0.239 e. The van der Waals surface area contributed by atoms with Crippen LogP contribution in [0.4, 0.5) is 5.69 Å². The molecule has 182 valence electrons. The fourth-order valence-electron chi connectivity index (χ4n) is 5.92. The SMILES string of the molecule is CS(=O)(=O)N1CC2(CCN(C(=O)[C@H](N)C[C@H]3CCOc4ccccc4C3)CC2)c2ccccc21. The number of likely N-dealkylation sites (tertiary alicyclic amines) is 1. The van der Waals surface area contributed by atoms with Gasteiger partial charge in [0, 0.05) is 25.0 Å². The highest BCUT2D eigenvalue weighted by molar-refractivity contribution is 7.92. The van der Waals surface area contributed by atoms with Crippen LogP contribution in [0.3, 0.4) is 0 Å². The highest BCUT2D eigenvalue weighted by Crippen LogP contribution is 2.47. The van der Waals surface area contributed by atoms with Crippen molar-refractivity contribution in [1.82, 2.24) is 4.90 Å². The number of hydrogen-bond donors (Lipinski definition) is 1. The van der Waals surface area contributed by atoms with E-state index in [1.807, 2.05) is 47.4 Å². The molecule has 2 aromatic rings. The molecule has 34 heavy (non-hydrogen) atoms. The zero-order valence-corrected chi connectivity index (χ0v) is 20.5. The maximum absolute atomic E-state index is 13.2. The molecule has 3 heterocycles. The minimum atomic E-state index is -3.35. The third-order valence-corrected chi connectivity index (χ3v) is 8.92. The van der Waals surface area contributed by atoms with Gasteiger partial charge in [-0.15, -0.1) is 0 Å². The Morgan fingerprint density at radius 2 is 1.85 bits per heavy atom. The van der Waals surface area contributed by atoms with Gasteiger partial charge >= 0.3 is 0 Å². The van der Waals surface area contributed by atoms with Gasteiger partial charge in [-0.2, -0.15) is 0 Å². The summed E-state index contributed by atoms with van der Waals surface area (Å²) < 4.78 is 32.2. The molecule has 0 saturated carbocycles. The lowest BCUT2D eigenvalue weighted by Crippen LogP contribution is -2.52. The number of carbonyl (C=O) groups is 1. The number of nitrogens with zero attached hydrogens (tertiary/aromatic N) is 2. The molecule has 2 N–H and O–H groups in total. The van der Waals surface area contributed by atoms with Crippen molar-refractivity contribution in [2.45, 2.75) is 43.6 Å². The van der Waals surface area contributed by atoms with E-state index in [4.69, 9.17) is 10.5 Å². The third kappa shape index (κ3) is 4.29. The minimum Gasteiger partial charge on any atom is -0.493 e. The van der Waals surface area contributed by atoms with Gasteiger partial charge in [-0.25, -0.2) is 8.42 Å². The van der Waals surface area contributed by atoms with Gasteiger partial charge in [0.15, 0.2) is 0 Å². The van der Waals surface area contributed by atoms with Crippen LogP contribution in [0.5, 0.6) is 5.75 Å². The van der Waals surface area contributed by atoms with E-state index in [2.05, 4.69) is 6.07 Å². The van der Waals surface area contributed by atoms with Crippen molar-refractivity contribution in [3.63, 3.8) is 0 Å². The summed E-state index contributed by atoms with van der Waals surface area (Å²) in [5, 5.41) is 0. The van der Waals surface area contributed by atoms with E-state index in [9.17, 15) is 13.2 Å². The molecule has 3 aliphatic rings. The molecule has 2 aromatic carbocycles. The van der Waals surface area contributed by atoms with Gasteiger partial charge in [-0.05, 0) is 61.3 Å². The maximum atomic E-state index is 13.2. The summed E-state index contributed by atoms with van der Waals surface area (Å²) in [7, 11) is -3.35. The summed E-state index contributed by atoms with van der Waals surface area (Å²) in [6.07, 6.45) is 5.13. The van der Waals surface area contributed by atoms with Gasteiger partial charge in [0.2, 0.25) is 15.9 Å². The molecule has 2 atom stereocenters. The summed E-state index contributed by atoms with van der Waals surface area (Å²) in [6, 6.07) is 15.3. The van der Waals surface area contributed by atoms with Crippen molar-refractivity contribution < 1.29 is 17.9 Å². The number of amides is 1. The number of hydrogen-bond acceptors (Lipinski definition) is 5. The van der Waals surface area contributed by atoms with E-state index in [1.165, 1.54) is 16.1 Å². The number of sulfonamides is 1. The maximum Gasteiger partial charge on any atom is 0.239 e. The van der Waals surface area contributed by atoms with Crippen LogP contribution in [0.1, 0.15) is 36.8 Å². The van der Waals surface area contributed by atoms with Crippen LogP contribution in [0.2, 0.25) is 0 Å². The van der Waals surface area contributed by atoms with Crippen LogP contribution >= 0.6 is 0 Å². The van der Waals surface area contributed by atoms with Crippen molar-refractivity contribution in [1.29, 1.82) is 0 Å². The zero-order chi connectivity index (χ0) is 23.9. The summed E-state index contributed by atoms with van der Waals surface area (Å²) in [4.78, 5) is 15.1. The fraction of sp³-hybridized carbons (Fsp3) is 0.500. The number of piperidine rings is 1. The number of para-hydroxylation sites is 2. The molecule has 8 heteroatoms. The van der Waals surface area contributed by atoms with Gasteiger partial charge in [0.1, 0.15) is 5.75 Å². The quantitative estimate of drug-likeness (QED) is 0.722. The lowest BCUT2D eigenvalue weighted by molar-refractivity contribution is -0.134. The van der Waals surface area contributed by atoms with Gasteiger partial charge in [0.05, 0.1) is 24.6 Å². The lowest BCUT2D eigenvalue weighted by atomic mass is 9.74. The first-order chi connectivity index (χ1) is 16.3. The molecular formula is C26H33N3O4S. The number of carbonyl (C=O) groups excluding carboxylic acids is 1. The topological polar surface area (TPSA) is 92.9 Å². The first kappa shape index (κ1) is 23.2. The Morgan fingerprint density at radius 3 is 2.62 bits per heavy atom. The number of rotatable bonds is 4. The Bertz CT molecular complexity index is 1170. The molecule has 1 fully saturated rings. The van der Waals surface area contributed by atoms with E-state index >= 15 is 0 Å². The van der Waals surface area contributed by atoms with Crippen LogP contribution in [-0.2, 0) is 26.7 Å². The molecule has 0 aromatic heterocycles. The normalized spacial score (nSPS) is 22.5. The molecule has 5 rings (SSSR count). The van der Waals surface area contributed by atoms with E-state index in [-0.39, 0.29) is 11.3 Å². The van der Waals surface area contributed by atoms with Crippen molar-refractivity contribution in [3.8, 4) is 5.75 Å². The van der Waals surface area contributed by atoms with Crippen LogP contribution in [0.25, 0.3) is 0 Å². The van der Waals surface area contributed by atoms with E-state index in [0.717, 1.165) is 42.7 Å². The zero-order valence-electron chi connectivity index (χ0n) is 19.7. The number of ether oxygens (including phenoxy) is 1. The van der Waals surface area contributed by atoms with Crippen molar-refractivity contribution >= 4 is 21.6 Å². The number of nitrogens with two attached hydrogens (primary N) is 1. The van der Waals surface area contributed by atoms with Crippen LogP contribution in [0.15, 0.2) is 48.5 Å². The highest BCUT2D eigenvalue weighted by Gasteiger charge is 2.47. The van der Waals surface area contributed by atoms with Gasteiger partial charge in [-0.3, -0.25) is 9.10 Å². The van der Waals surface area contributed by atoms with Crippen LogP contribution in [-0.4, -0.2) is 57.8 Å². The van der Waals surface area contributed by atoms with Crippen LogP contribution < -0.4 is 14.8 Å². The molecule has 0 radical (unpaired) electrons. The fourth-order valence-corrected chi connectivity index (χ4v) is 6.92. The first-order valence-corrected chi connectivity index (χ1v) is 13.9. The minimum absolute atomic E-state index is 0.000415. The molecule has 0 aliphatic carbocycles. The average molecular weight is 484 g/mol. The second kappa shape index (κ2) is 8.89. The molecular weight excluding hydrogens is 450 g/mol. The number of anilines is 1. The van der Waals surface area contributed by atoms with Crippen molar-refractivity contribution in [3.05, 3.63) is 59.7 Å². The third-order valence-electron chi connectivity index (χ3n) is 7.79. The Labute approximate surface area is 201 Å². The van der Waals surface area contributed by atoms with E-state index in [0.29, 0.717) is 38.6 Å². The molecule has 1 saturated heterocycles. The molecule has 7 nitrogen and oxygen atoms in total. The molecule has 0 unspecified atom stereocenters. The molecule has 3 aliphatic heterocycles. The molecule has 1 spiro atoms. The van der Waals surface area contributed by atoms with Gasteiger partial charge < -0.3 is 15.4 Å². The largest absolute Gasteiger partial charge is 0.493 e. The Hall–Kier alpha value is -2.58. The number of fused-ring (bicyclic) bond motifs is 3. The lowest BCUT2D eigenvalue weighted by Gasteiger charge is -2.40. The van der Waals surface area contributed by atoms with Gasteiger partial charge in [0.25, 0.3) is 0 Å². The van der Waals surface area contributed by atoms with Crippen molar-refractivity contribution in [2.75, 3.05) is 36.8 Å². The first-order valence-electron chi connectivity index (χ1n) is 12.1. The molecule has 1 amide bonds. The van der Waals surface area contributed by atoms with E-state index in [1.54, 1.807) is 0 Å². The second-order valence-electron chi connectivity index (χ2n) is 10.0. The summed E-state index contributed by atoms with van der Waals surface area (Å²) in [5.74, 6) is 1.24. The monoisotopic (exact) mass is 483 g/mol. The van der Waals surface area contributed by atoms with Crippen molar-refractivity contribution in [2.24, 2.45) is 11.7 Å². The highest BCUT2D eigenvalue weighted by atomic mass is 32.2. The number of benzene rings is 2. The summed E-state index contributed by atoms with van der Waals surface area (Å²) >= 11 is 0. The standard InChI is InChI=1S/C26H33N3O4S/c1-34(31,32)29-18-26(21-7-3-4-8-23(21)29)11-13-28(14-12-26)25(30)22(27)17-19-10-15-33-24-9-5-2-6-20(24)16-19/h2-9,19,22H,10-18,27H2,1H3/t19-,22+/m0/s1. The summed E-state index contributed by atoms with van der Waals surface area (Å²) in [6.45, 7) is 2.27. The Kier molecular flexibility index (Phi) is 6.06. The Balaban J connectivity index is 1.23. The Morgan fingerprint density at radius 1 is 1.15 bits per heavy atom. The second-order valence-corrected chi connectivity index (χ2v) is 12.0. The van der Waals surface area contributed by atoms with E-state index < -0.39 is 16.1 Å². The predicted octanol–water partition coefficient (Wildman–Crippen LogP) is 2.69. The van der Waals surface area contributed by atoms with Crippen LogP contribution in [0, 0.1) is 5.92 Å². The summed E-state index contributed by atoms with van der Waals surface area (Å²) in [5.41, 5.74) is 9.22. The van der Waals surface area contributed by atoms with Gasteiger partial charge in [-0.1, -0.05) is 36.4 Å². The molecule has 0 bridgehead atoms. The average Bonchev–Trinajstić information content (AvgIpc) is 3.00. The predicted molar refractivity (Wildman–Crippen MR) is 132 cm³/mol.